The molecule has 0 unspecified atom stereocenters. The predicted octanol–water partition coefficient (Wildman–Crippen LogP) is 2.29. The Labute approximate surface area is 123 Å². The number of carbonyl (C=O) groups is 1. The van der Waals surface area contributed by atoms with Crippen LogP contribution in [0.4, 0.5) is 11.6 Å². The molecule has 0 radical (unpaired) electrons. The fourth-order valence-corrected chi connectivity index (χ4v) is 1.75. The van der Waals surface area contributed by atoms with Crippen molar-refractivity contribution in [2.75, 3.05) is 11.9 Å². The Morgan fingerprint density at radius 3 is 2.89 bits per heavy atom. The van der Waals surface area contributed by atoms with Gasteiger partial charge in [-0.2, -0.15) is 0 Å². The largest absolute Gasteiger partial charge is 0.479 e. The molecule has 6 nitrogen and oxygen atoms in total. The molecular weight excluding hydrogens is 361 g/mol. The summed E-state index contributed by atoms with van der Waals surface area (Å²) in [6, 6.07) is 8.82. The zero-order chi connectivity index (χ0) is 13.7. The molecule has 2 aromatic rings. The molecule has 0 atom stereocenters. The van der Waals surface area contributed by atoms with Gasteiger partial charge < -0.3 is 15.2 Å². The van der Waals surface area contributed by atoms with E-state index in [1.165, 1.54) is 0 Å². The first-order chi connectivity index (χ1) is 9.15. The number of carboxylic acids is 1. The second-order valence-corrected chi connectivity index (χ2v) is 4.61. The molecular formula is C12H10IN3O3. The van der Waals surface area contributed by atoms with Crippen molar-refractivity contribution in [1.29, 1.82) is 0 Å². The third-order valence-corrected chi connectivity index (χ3v) is 2.69. The van der Waals surface area contributed by atoms with Crippen LogP contribution in [0, 0.1) is 3.70 Å². The number of hydrogen-bond donors (Lipinski definition) is 2. The lowest BCUT2D eigenvalue weighted by Crippen LogP contribution is -2.11. The van der Waals surface area contributed by atoms with Crippen molar-refractivity contribution in [3.8, 4) is 5.75 Å². The maximum absolute atomic E-state index is 10.5. The van der Waals surface area contributed by atoms with E-state index in [1.807, 2.05) is 6.07 Å². The molecule has 0 fully saturated rings. The van der Waals surface area contributed by atoms with Crippen LogP contribution in [0.2, 0.25) is 0 Å². The predicted molar refractivity (Wildman–Crippen MR) is 77.6 cm³/mol. The smallest absolute Gasteiger partial charge is 0.341 e. The summed E-state index contributed by atoms with van der Waals surface area (Å²) >= 11 is 2.06. The van der Waals surface area contributed by atoms with Crippen molar-refractivity contribution < 1.29 is 14.6 Å². The van der Waals surface area contributed by atoms with Crippen molar-refractivity contribution in [1.82, 2.24) is 9.97 Å². The van der Waals surface area contributed by atoms with E-state index >= 15 is 0 Å². The van der Waals surface area contributed by atoms with Gasteiger partial charge in [0.25, 0.3) is 0 Å². The minimum atomic E-state index is -1.04. The molecule has 2 rings (SSSR count). The highest BCUT2D eigenvalue weighted by molar-refractivity contribution is 14.1. The summed E-state index contributed by atoms with van der Waals surface area (Å²) in [4.78, 5) is 18.9. The normalized spacial score (nSPS) is 9.95. The molecule has 7 heteroatoms. The van der Waals surface area contributed by atoms with Gasteiger partial charge in [0, 0.05) is 6.20 Å². The van der Waals surface area contributed by atoms with Gasteiger partial charge in [0.05, 0.1) is 0 Å². The minimum Gasteiger partial charge on any atom is -0.479 e. The molecule has 0 aliphatic heterocycles. The molecule has 2 aromatic heterocycles. The van der Waals surface area contributed by atoms with Crippen molar-refractivity contribution >= 4 is 40.2 Å². The SMILES string of the molecule is O=C(O)COc1ccc(I)nc1Nc1ccccn1. The molecule has 0 aliphatic rings. The van der Waals surface area contributed by atoms with Crippen LogP contribution in [-0.4, -0.2) is 27.7 Å². The number of nitrogens with one attached hydrogen (secondary N) is 1. The molecule has 0 bridgehead atoms. The van der Waals surface area contributed by atoms with Gasteiger partial charge in [-0.1, -0.05) is 6.07 Å². The van der Waals surface area contributed by atoms with Crippen LogP contribution < -0.4 is 10.1 Å². The van der Waals surface area contributed by atoms with Gasteiger partial charge >= 0.3 is 5.97 Å². The van der Waals surface area contributed by atoms with Crippen LogP contribution in [0.3, 0.4) is 0 Å². The second kappa shape index (κ2) is 6.32. The van der Waals surface area contributed by atoms with Gasteiger partial charge in [-0.05, 0) is 46.9 Å². The van der Waals surface area contributed by atoms with E-state index < -0.39 is 12.6 Å². The zero-order valence-electron chi connectivity index (χ0n) is 9.71. The molecule has 19 heavy (non-hydrogen) atoms. The zero-order valence-corrected chi connectivity index (χ0v) is 11.9. The molecule has 98 valence electrons. The Morgan fingerprint density at radius 1 is 1.37 bits per heavy atom. The Hall–Kier alpha value is -1.90. The number of halogens is 1. The summed E-state index contributed by atoms with van der Waals surface area (Å²) in [6.07, 6.45) is 1.65. The molecule has 0 amide bonds. The fourth-order valence-electron chi connectivity index (χ4n) is 1.33. The third kappa shape index (κ3) is 4.05. The van der Waals surface area contributed by atoms with E-state index in [1.54, 1.807) is 30.5 Å². The maximum Gasteiger partial charge on any atom is 0.341 e. The Kier molecular flexibility index (Phi) is 4.50. The van der Waals surface area contributed by atoms with Crippen molar-refractivity contribution in [3.05, 3.63) is 40.2 Å². The quantitative estimate of drug-likeness (QED) is 0.620. The Balaban J connectivity index is 2.22. The number of carboxylic acid groups (broad SMARTS) is 1. The summed E-state index contributed by atoms with van der Waals surface area (Å²) in [5.41, 5.74) is 0. The second-order valence-electron chi connectivity index (χ2n) is 3.50. The van der Waals surface area contributed by atoms with Crippen LogP contribution in [0.15, 0.2) is 36.5 Å². The standard InChI is InChI=1S/C12H10IN3O3/c13-9-5-4-8(19-7-11(17)18)12(15-9)16-10-3-1-2-6-14-10/h1-6H,7H2,(H,17,18)(H,14,15,16). The Bertz CT molecular complexity index is 578. The van der Waals surface area contributed by atoms with Crippen LogP contribution in [0.5, 0.6) is 5.75 Å². The molecule has 2 heterocycles. The monoisotopic (exact) mass is 371 g/mol. The van der Waals surface area contributed by atoms with E-state index in [4.69, 9.17) is 9.84 Å². The average molecular weight is 371 g/mol. The summed E-state index contributed by atoms with van der Waals surface area (Å²) in [5, 5.41) is 11.6. The fraction of sp³-hybridized carbons (Fsp3) is 0.0833. The number of aliphatic carboxylic acids is 1. The highest BCUT2D eigenvalue weighted by atomic mass is 127. The highest BCUT2D eigenvalue weighted by Crippen LogP contribution is 2.25. The average Bonchev–Trinajstić information content (AvgIpc) is 2.39. The van der Waals surface area contributed by atoms with Crippen molar-refractivity contribution in [2.24, 2.45) is 0 Å². The van der Waals surface area contributed by atoms with Crippen molar-refractivity contribution in [3.63, 3.8) is 0 Å². The van der Waals surface area contributed by atoms with Crippen molar-refractivity contribution in [2.45, 2.75) is 0 Å². The molecule has 0 aromatic carbocycles. The first kappa shape index (κ1) is 13.5. The number of pyridine rings is 2. The summed E-state index contributed by atoms with van der Waals surface area (Å²) in [7, 11) is 0. The van der Waals surface area contributed by atoms with Gasteiger partial charge in [-0.25, -0.2) is 14.8 Å². The van der Waals surface area contributed by atoms with Gasteiger partial charge in [0.1, 0.15) is 9.52 Å². The lowest BCUT2D eigenvalue weighted by atomic mass is 10.4. The van der Waals surface area contributed by atoms with Gasteiger partial charge in [-0.3, -0.25) is 0 Å². The first-order valence-electron chi connectivity index (χ1n) is 5.34. The van der Waals surface area contributed by atoms with Crippen LogP contribution in [0.25, 0.3) is 0 Å². The van der Waals surface area contributed by atoms with E-state index in [2.05, 4.69) is 37.9 Å². The first-order valence-corrected chi connectivity index (χ1v) is 6.42. The molecule has 0 saturated heterocycles. The number of aromatic nitrogens is 2. The van der Waals surface area contributed by atoms with E-state index in [9.17, 15) is 4.79 Å². The number of ether oxygens (including phenoxy) is 1. The summed E-state index contributed by atoms with van der Waals surface area (Å²) in [5.74, 6) is 0.375. The number of anilines is 2. The van der Waals surface area contributed by atoms with E-state index in [0.29, 0.717) is 17.4 Å². The highest BCUT2D eigenvalue weighted by Gasteiger charge is 2.09. The summed E-state index contributed by atoms with van der Waals surface area (Å²) < 4.78 is 5.93. The Morgan fingerprint density at radius 2 is 2.21 bits per heavy atom. The van der Waals surface area contributed by atoms with Gasteiger partial charge in [-0.15, -0.1) is 0 Å². The molecule has 0 saturated carbocycles. The number of nitrogens with zero attached hydrogens (tertiary/aromatic N) is 2. The molecule has 0 aliphatic carbocycles. The van der Waals surface area contributed by atoms with E-state index in [-0.39, 0.29) is 0 Å². The van der Waals surface area contributed by atoms with Crippen LogP contribution in [0.1, 0.15) is 0 Å². The van der Waals surface area contributed by atoms with Crippen LogP contribution >= 0.6 is 22.6 Å². The van der Waals surface area contributed by atoms with Gasteiger partial charge in [0.2, 0.25) is 0 Å². The van der Waals surface area contributed by atoms with Gasteiger partial charge in [0.15, 0.2) is 18.2 Å². The summed E-state index contributed by atoms with van der Waals surface area (Å²) in [6.45, 7) is -0.417. The number of rotatable bonds is 5. The maximum atomic E-state index is 10.5. The molecule has 2 N–H and O–H groups in total. The minimum absolute atomic E-state index is 0.369. The topological polar surface area (TPSA) is 84.3 Å². The van der Waals surface area contributed by atoms with Crippen LogP contribution in [-0.2, 0) is 4.79 Å². The van der Waals surface area contributed by atoms with E-state index in [0.717, 1.165) is 3.70 Å². The lowest BCUT2D eigenvalue weighted by Gasteiger charge is -2.10. The lowest BCUT2D eigenvalue weighted by molar-refractivity contribution is -0.139. The molecule has 0 spiro atoms. The third-order valence-electron chi connectivity index (χ3n) is 2.09. The number of hydrogen-bond acceptors (Lipinski definition) is 5.